The van der Waals surface area contributed by atoms with Crippen LogP contribution in [0.4, 0.5) is 13.2 Å². The van der Waals surface area contributed by atoms with Gasteiger partial charge in [-0.1, -0.05) is 37.6 Å². The zero-order chi connectivity index (χ0) is 13.0. The minimum absolute atomic E-state index is 0.771. The van der Waals surface area contributed by atoms with Crippen LogP contribution in [-0.2, 0) is 10.0 Å². The van der Waals surface area contributed by atoms with E-state index in [1.807, 2.05) is 0 Å². The molecule has 1 heterocycles. The molecule has 0 saturated carbocycles. The summed E-state index contributed by atoms with van der Waals surface area (Å²) in [5, 5.41) is 0. The van der Waals surface area contributed by atoms with Crippen molar-refractivity contribution in [2.75, 3.05) is 0 Å². The molecule has 0 aromatic rings. The third-order valence-electron chi connectivity index (χ3n) is 2.48. The van der Waals surface area contributed by atoms with Crippen LogP contribution in [0.3, 0.4) is 0 Å². The summed E-state index contributed by atoms with van der Waals surface area (Å²) < 4.78 is 61.5. The molecule has 0 aromatic heterocycles. The summed E-state index contributed by atoms with van der Waals surface area (Å²) in [7, 11) is -10.5. The summed E-state index contributed by atoms with van der Waals surface area (Å²) in [5.74, 6) is 0. The van der Waals surface area contributed by atoms with Gasteiger partial charge in [-0.15, -0.1) is 0 Å². The van der Waals surface area contributed by atoms with Crippen LogP contribution in [0.2, 0.25) is 26.2 Å². The lowest BCUT2D eigenvalue weighted by atomic mass is 11.2. The number of hydrogen-bond acceptors (Lipinski definition) is 2. The maximum atomic E-state index is 12.6. The highest BCUT2D eigenvalue weighted by Crippen LogP contribution is 2.38. The summed E-state index contributed by atoms with van der Waals surface area (Å²) in [4.78, 5) is 0. The fourth-order valence-electron chi connectivity index (χ4n) is 2.01. The van der Waals surface area contributed by atoms with Gasteiger partial charge < -0.3 is 0 Å². The molecule has 1 aliphatic rings. The van der Waals surface area contributed by atoms with Crippen molar-refractivity contribution in [3.63, 3.8) is 0 Å². The average Bonchev–Trinajstić information content (AvgIpc) is 2.18. The van der Waals surface area contributed by atoms with Gasteiger partial charge in [-0.2, -0.15) is 13.2 Å². The molecule has 1 rings (SSSR count). The van der Waals surface area contributed by atoms with Crippen molar-refractivity contribution >= 4 is 26.5 Å². The van der Waals surface area contributed by atoms with Crippen molar-refractivity contribution in [3.05, 3.63) is 11.4 Å². The molecule has 3 nitrogen and oxygen atoms in total. The average molecular weight is 289 g/mol. The molecule has 0 aliphatic carbocycles. The molecule has 1 aliphatic heterocycles. The van der Waals surface area contributed by atoms with Crippen molar-refractivity contribution in [1.82, 2.24) is 3.64 Å². The van der Waals surface area contributed by atoms with Crippen LogP contribution in [0.25, 0.3) is 0 Å². The molecule has 0 aromatic carbocycles. The van der Waals surface area contributed by atoms with E-state index in [1.54, 1.807) is 37.6 Å². The SMILES string of the molecule is C[Si]1(C)C=C[Si](C)(C)N1S(=O)(=O)C(F)(F)F. The van der Waals surface area contributed by atoms with Crippen molar-refractivity contribution in [1.29, 1.82) is 0 Å². The molecule has 94 valence electrons. The standard InChI is InChI=1S/C7H14F3NO2SSi2/c1-15(2)5-6-16(3,4)11(15)14(12,13)7(8,9)10/h5-6H,1-4H3. The Bertz CT molecular complexity index is 409. The molecule has 0 spiro atoms. The molecule has 0 fully saturated rings. The molecule has 16 heavy (non-hydrogen) atoms. The van der Waals surface area contributed by atoms with Gasteiger partial charge in [-0.25, -0.2) is 12.1 Å². The smallest absolute Gasteiger partial charge is 0.231 e. The second kappa shape index (κ2) is 3.43. The zero-order valence-electron chi connectivity index (χ0n) is 9.46. The maximum absolute atomic E-state index is 12.6. The summed E-state index contributed by atoms with van der Waals surface area (Å²) in [6.45, 7) is 6.42. The van der Waals surface area contributed by atoms with Gasteiger partial charge in [0.2, 0.25) is 0 Å². The molecular weight excluding hydrogens is 275 g/mol. The lowest BCUT2D eigenvalue weighted by Crippen LogP contribution is -2.61. The fourth-order valence-corrected chi connectivity index (χ4v) is 18.1. The highest BCUT2D eigenvalue weighted by atomic mass is 32.2. The Morgan fingerprint density at radius 3 is 1.56 bits per heavy atom. The minimum atomic E-state index is -5.20. The molecular formula is C7H14F3NO2SSi2. The Labute approximate surface area is 95.2 Å². The topological polar surface area (TPSA) is 37.4 Å². The molecule has 0 atom stereocenters. The van der Waals surface area contributed by atoms with Crippen LogP contribution in [0.1, 0.15) is 0 Å². The first kappa shape index (κ1) is 13.9. The highest BCUT2D eigenvalue weighted by molar-refractivity contribution is 7.93. The Morgan fingerprint density at radius 2 is 1.31 bits per heavy atom. The quantitative estimate of drug-likeness (QED) is 0.694. The van der Waals surface area contributed by atoms with E-state index in [0.29, 0.717) is 0 Å². The van der Waals surface area contributed by atoms with Crippen LogP contribution in [-0.4, -0.2) is 34.0 Å². The lowest BCUT2D eigenvalue weighted by Gasteiger charge is -2.37. The monoisotopic (exact) mass is 289 g/mol. The van der Waals surface area contributed by atoms with E-state index in [1.165, 1.54) is 0 Å². The first-order valence-electron chi connectivity index (χ1n) is 4.64. The van der Waals surface area contributed by atoms with E-state index in [9.17, 15) is 21.6 Å². The summed E-state index contributed by atoms with van der Waals surface area (Å²) in [6.07, 6.45) is 0. The third kappa shape index (κ3) is 2.00. The van der Waals surface area contributed by atoms with E-state index in [4.69, 9.17) is 0 Å². The molecule has 0 N–H and O–H groups in total. The summed E-state index contributed by atoms with van der Waals surface area (Å²) >= 11 is 0. The highest BCUT2D eigenvalue weighted by Gasteiger charge is 2.60. The largest absolute Gasteiger partial charge is 0.510 e. The molecule has 0 amide bonds. The fraction of sp³-hybridized carbons (Fsp3) is 0.714. The second-order valence-electron chi connectivity index (χ2n) is 4.86. The van der Waals surface area contributed by atoms with Gasteiger partial charge in [0.05, 0.1) is 0 Å². The van der Waals surface area contributed by atoms with Crippen molar-refractivity contribution < 1.29 is 21.6 Å². The van der Waals surface area contributed by atoms with Gasteiger partial charge in [0, 0.05) is 0 Å². The van der Waals surface area contributed by atoms with Crippen LogP contribution >= 0.6 is 0 Å². The second-order valence-corrected chi connectivity index (χ2v) is 15.9. The lowest BCUT2D eigenvalue weighted by molar-refractivity contribution is -0.0459. The Balaban J connectivity index is 3.35. The van der Waals surface area contributed by atoms with Gasteiger partial charge >= 0.3 is 15.5 Å². The number of sulfonamides is 1. The Morgan fingerprint density at radius 1 is 1.00 bits per heavy atom. The van der Waals surface area contributed by atoms with E-state index in [0.717, 1.165) is 3.64 Å². The summed E-state index contributed by atoms with van der Waals surface area (Å²) in [6, 6.07) is 0. The number of halogens is 3. The number of rotatable bonds is 1. The van der Waals surface area contributed by atoms with Crippen molar-refractivity contribution in [2.24, 2.45) is 0 Å². The molecule has 0 bridgehead atoms. The maximum Gasteiger partial charge on any atom is 0.510 e. The zero-order valence-corrected chi connectivity index (χ0v) is 12.3. The van der Waals surface area contributed by atoms with E-state index >= 15 is 0 Å². The predicted molar refractivity (Wildman–Crippen MR) is 60.9 cm³/mol. The third-order valence-corrected chi connectivity index (χ3v) is 15.7. The van der Waals surface area contributed by atoms with Crippen molar-refractivity contribution in [2.45, 2.75) is 31.7 Å². The molecule has 0 saturated heterocycles. The van der Waals surface area contributed by atoms with Gasteiger partial charge in [-0.3, -0.25) is 0 Å². The predicted octanol–water partition coefficient (Wildman–Crippen LogP) is 2.20. The van der Waals surface area contributed by atoms with Crippen LogP contribution in [0.5, 0.6) is 0 Å². The first-order valence-corrected chi connectivity index (χ1v) is 12.1. The first-order chi connectivity index (χ1) is 6.82. The minimum Gasteiger partial charge on any atom is -0.231 e. The van der Waals surface area contributed by atoms with Crippen LogP contribution in [0.15, 0.2) is 11.4 Å². The molecule has 9 heteroatoms. The van der Waals surface area contributed by atoms with Crippen LogP contribution in [0, 0.1) is 0 Å². The van der Waals surface area contributed by atoms with E-state index < -0.39 is 32.0 Å². The number of nitrogens with zero attached hydrogens (tertiary/aromatic N) is 1. The van der Waals surface area contributed by atoms with E-state index in [-0.39, 0.29) is 0 Å². The number of alkyl halides is 3. The van der Waals surface area contributed by atoms with E-state index in [2.05, 4.69) is 0 Å². The van der Waals surface area contributed by atoms with Gasteiger partial charge in [0.25, 0.3) is 0 Å². The Kier molecular flexibility index (Phi) is 2.99. The van der Waals surface area contributed by atoms with Gasteiger partial charge in [0.15, 0.2) is 16.5 Å². The Hall–Kier alpha value is -0.126. The van der Waals surface area contributed by atoms with Gasteiger partial charge in [-0.05, 0) is 0 Å². The number of hydrogen-bond donors (Lipinski definition) is 0. The molecule has 0 unspecified atom stereocenters. The van der Waals surface area contributed by atoms with Crippen molar-refractivity contribution in [3.8, 4) is 0 Å². The van der Waals surface area contributed by atoms with Crippen LogP contribution < -0.4 is 0 Å². The van der Waals surface area contributed by atoms with Gasteiger partial charge in [0.1, 0.15) is 0 Å². The molecule has 0 radical (unpaired) electrons. The normalized spacial score (nSPS) is 24.9. The summed E-state index contributed by atoms with van der Waals surface area (Å²) in [5.41, 5.74) is -1.86.